The highest BCUT2D eigenvalue weighted by Gasteiger charge is 2.25. The molecule has 1 saturated heterocycles. The largest absolute Gasteiger partial charge is 0.295 e. The molecule has 1 fully saturated rings. The standard InChI is InChI=1S/C11H12N2O/c14-9-12-11-7-13(8-11)6-10-4-2-1-3-5-10/h1-5,11H,6-8H2. The minimum atomic E-state index is 0.177. The molecule has 0 bridgehead atoms. The summed E-state index contributed by atoms with van der Waals surface area (Å²) >= 11 is 0. The fourth-order valence-electron chi connectivity index (χ4n) is 1.67. The normalized spacial score (nSPS) is 17.1. The van der Waals surface area contributed by atoms with E-state index in [1.54, 1.807) is 6.08 Å². The van der Waals surface area contributed by atoms with E-state index < -0.39 is 0 Å². The number of carbonyl (C=O) groups excluding carboxylic acids is 1. The van der Waals surface area contributed by atoms with Crippen molar-refractivity contribution < 1.29 is 4.79 Å². The second-order valence-electron chi connectivity index (χ2n) is 3.55. The van der Waals surface area contributed by atoms with E-state index in [4.69, 9.17) is 0 Å². The first-order valence-electron chi connectivity index (χ1n) is 4.72. The van der Waals surface area contributed by atoms with Gasteiger partial charge in [0.15, 0.2) is 0 Å². The Morgan fingerprint density at radius 1 is 1.36 bits per heavy atom. The van der Waals surface area contributed by atoms with E-state index in [-0.39, 0.29) is 6.04 Å². The van der Waals surface area contributed by atoms with Crippen LogP contribution in [0.4, 0.5) is 0 Å². The van der Waals surface area contributed by atoms with E-state index in [1.165, 1.54) is 5.56 Å². The van der Waals surface area contributed by atoms with E-state index in [1.807, 2.05) is 18.2 Å². The molecule has 3 nitrogen and oxygen atoms in total. The monoisotopic (exact) mass is 188 g/mol. The van der Waals surface area contributed by atoms with Crippen molar-refractivity contribution in [2.45, 2.75) is 12.6 Å². The smallest absolute Gasteiger partial charge is 0.235 e. The van der Waals surface area contributed by atoms with Gasteiger partial charge in [-0.25, -0.2) is 4.79 Å². The molecule has 1 aromatic rings. The van der Waals surface area contributed by atoms with Crippen molar-refractivity contribution >= 4 is 6.08 Å². The lowest BCUT2D eigenvalue weighted by molar-refractivity contribution is 0.143. The van der Waals surface area contributed by atoms with Crippen LogP contribution < -0.4 is 0 Å². The number of nitrogens with zero attached hydrogens (tertiary/aromatic N) is 2. The third kappa shape index (κ3) is 2.08. The Hall–Kier alpha value is -1.44. The Morgan fingerprint density at radius 3 is 2.71 bits per heavy atom. The fraction of sp³-hybridized carbons (Fsp3) is 0.364. The molecular formula is C11H12N2O. The average molecular weight is 188 g/mol. The van der Waals surface area contributed by atoms with Crippen LogP contribution in [0.15, 0.2) is 35.3 Å². The Kier molecular flexibility index (Phi) is 2.73. The summed E-state index contributed by atoms with van der Waals surface area (Å²) < 4.78 is 0. The Balaban J connectivity index is 1.82. The van der Waals surface area contributed by atoms with Crippen LogP contribution in [-0.4, -0.2) is 30.1 Å². The highest BCUT2D eigenvalue weighted by molar-refractivity contribution is 5.34. The zero-order chi connectivity index (χ0) is 9.80. The van der Waals surface area contributed by atoms with Gasteiger partial charge in [0, 0.05) is 19.6 Å². The molecule has 72 valence electrons. The molecule has 0 saturated carbocycles. The Labute approximate surface area is 83.1 Å². The second kappa shape index (κ2) is 4.18. The van der Waals surface area contributed by atoms with Gasteiger partial charge in [-0.3, -0.25) is 4.90 Å². The number of rotatable bonds is 3. The van der Waals surface area contributed by atoms with Gasteiger partial charge in [-0.05, 0) is 5.56 Å². The van der Waals surface area contributed by atoms with Gasteiger partial charge >= 0.3 is 0 Å². The number of isocyanates is 1. The van der Waals surface area contributed by atoms with Crippen LogP contribution in [-0.2, 0) is 11.3 Å². The molecule has 0 radical (unpaired) electrons. The molecule has 1 heterocycles. The van der Waals surface area contributed by atoms with Gasteiger partial charge in [0.25, 0.3) is 0 Å². The molecule has 0 N–H and O–H groups in total. The van der Waals surface area contributed by atoms with E-state index >= 15 is 0 Å². The maximum absolute atomic E-state index is 9.96. The van der Waals surface area contributed by atoms with Gasteiger partial charge in [-0.1, -0.05) is 30.3 Å². The van der Waals surface area contributed by atoms with Crippen molar-refractivity contribution in [1.82, 2.24) is 4.90 Å². The zero-order valence-corrected chi connectivity index (χ0v) is 7.89. The first kappa shape index (κ1) is 9.13. The molecule has 1 aromatic carbocycles. The van der Waals surface area contributed by atoms with E-state index in [0.717, 1.165) is 19.6 Å². The number of hydrogen-bond acceptors (Lipinski definition) is 3. The summed E-state index contributed by atoms with van der Waals surface area (Å²) in [7, 11) is 0. The summed E-state index contributed by atoms with van der Waals surface area (Å²) in [5.41, 5.74) is 1.31. The molecule has 0 amide bonds. The van der Waals surface area contributed by atoms with Crippen LogP contribution in [0.3, 0.4) is 0 Å². The quantitative estimate of drug-likeness (QED) is 0.527. The third-order valence-corrected chi connectivity index (χ3v) is 2.42. The van der Waals surface area contributed by atoms with Crippen molar-refractivity contribution in [2.24, 2.45) is 4.99 Å². The first-order valence-corrected chi connectivity index (χ1v) is 4.72. The maximum Gasteiger partial charge on any atom is 0.235 e. The Morgan fingerprint density at radius 2 is 2.07 bits per heavy atom. The predicted molar refractivity (Wildman–Crippen MR) is 53.6 cm³/mol. The molecule has 1 aliphatic rings. The topological polar surface area (TPSA) is 32.7 Å². The molecule has 0 aliphatic carbocycles. The summed E-state index contributed by atoms with van der Waals surface area (Å²) in [5.74, 6) is 0. The minimum Gasteiger partial charge on any atom is -0.295 e. The average Bonchev–Trinajstić information content (AvgIpc) is 2.16. The van der Waals surface area contributed by atoms with Gasteiger partial charge in [0.05, 0.1) is 6.04 Å². The van der Waals surface area contributed by atoms with Crippen LogP contribution in [0.2, 0.25) is 0 Å². The van der Waals surface area contributed by atoms with Crippen molar-refractivity contribution in [3.63, 3.8) is 0 Å². The van der Waals surface area contributed by atoms with Gasteiger partial charge in [0.1, 0.15) is 0 Å². The number of likely N-dealkylation sites (tertiary alicyclic amines) is 1. The second-order valence-corrected chi connectivity index (χ2v) is 3.55. The molecule has 0 unspecified atom stereocenters. The van der Waals surface area contributed by atoms with Crippen molar-refractivity contribution in [1.29, 1.82) is 0 Å². The number of hydrogen-bond donors (Lipinski definition) is 0. The highest BCUT2D eigenvalue weighted by Crippen LogP contribution is 2.14. The lowest BCUT2D eigenvalue weighted by Crippen LogP contribution is -2.48. The fourth-order valence-corrected chi connectivity index (χ4v) is 1.67. The van der Waals surface area contributed by atoms with Gasteiger partial charge in [-0.2, -0.15) is 4.99 Å². The van der Waals surface area contributed by atoms with Crippen LogP contribution in [0, 0.1) is 0 Å². The molecule has 0 spiro atoms. The molecular weight excluding hydrogens is 176 g/mol. The van der Waals surface area contributed by atoms with Crippen molar-refractivity contribution in [3.8, 4) is 0 Å². The van der Waals surface area contributed by atoms with Crippen LogP contribution in [0.5, 0.6) is 0 Å². The first-order chi connectivity index (χ1) is 6.88. The summed E-state index contributed by atoms with van der Waals surface area (Å²) in [6.07, 6.45) is 1.60. The van der Waals surface area contributed by atoms with E-state index in [2.05, 4.69) is 22.0 Å². The zero-order valence-electron chi connectivity index (χ0n) is 7.89. The van der Waals surface area contributed by atoms with Crippen molar-refractivity contribution in [2.75, 3.05) is 13.1 Å². The van der Waals surface area contributed by atoms with Crippen LogP contribution in [0.25, 0.3) is 0 Å². The number of benzene rings is 1. The van der Waals surface area contributed by atoms with E-state index in [0.29, 0.717) is 0 Å². The Bertz CT molecular complexity index is 338. The molecule has 2 rings (SSSR count). The summed E-state index contributed by atoms with van der Waals surface area (Å²) in [5, 5.41) is 0. The van der Waals surface area contributed by atoms with Crippen molar-refractivity contribution in [3.05, 3.63) is 35.9 Å². The summed E-state index contributed by atoms with van der Waals surface area (Å²) in [4.78, 5) is 15.9. The minimum absolute atomic E-state index is 0.177. The predicted octanol–water partition coefficient (Wildman–Crippen LogP) is 1.21. The van der Waals surface area contributed by atoms with Gasteiger partial charge < -0.3 is 0 Å². The highest BCUT2D eigenvalue weighted by atomic mass is 16.1. The lowest BCUT2D eigenvalue weighted by atomic mass is 10.1. The summed E-state index contributed by atoms with van der Waals surface area (Å²) in [6.45, 7) is 2.71. The molecule has 14 heavy (non-hydrogen) atoms. The molecule has 0 atom stereocenters. The maximum atomic E-state index is 9.96. The SMILES string of the molecule is O=C=NC1CN(Cc2ccccc2)C1. The van der Waals surface area contributed by atoms with Gasteiger partial charge in [0.2, 0.25) is 6.08 Å². The third-order valence-electron chi connectivity index (χ3n) is 2.42. The molecule has 0 aromatic heterocycles. The molecule has 3 heteroatoms. The molecule has 1 aliphatic heterocycles. The van der Waals surface area contributed by atoms with Gasteiger partial charge in [-0.15, -0.1) is 0 Å². The lowest BCUT2D eigenvalue weighted by Gasteiger charge is -2.35. The van der Waals surface area contributed by atoms with E-state index in [9.17, 15) is 4.79 Å². The number of aliphatic imine (C=N–C) groups is 1. The van der Waals surface area contributed by atoms with Crippen LogP contribution >= 0.6 is 0 Å². The summed E-state index contributed by atoms with van der Waals surface area (Å²) in [6, 6.07) is 10.5. The van der Waals surface area contributed by atoms with Crippen LogP contribution in [0.1, 0.15) is 5.56 Å².